The Morgan fingerprint density at radius 2 is 1.77 bits per heavy atom. The topological polar surface area (TPSA) is 86.8 Å². The second-order valence-electron chi connectivity index (χ2n) is 8.38. The maximum absolute atomic E-state index is 13.2. The molecule has 2 aliphatic rings. The van der Waals surface area contributed by atoms with Gasteiger partial charge < -0.3 is 10.2 Å². The summed E-state index contributed by atoms with van der Waals surface area (Å²) < 4.78 is 27.6. The summed E-state index contributed by atoms with van der Waals surface area (Å²) in [4.78, 5) is 27.8. The molecule has 2 amide bonds. The molecule has 0 bridgehead atoms. The van der Waals surface area contributed by atoms with Gasteiger partial charge in [-0.1, -0.05) is 12.1 Å². The van der Waals surface area contributed by atoms with Gasteiger partial charge >= 0.3 is 0 Å². The number of carbonyl (C=O) groups is 2. The smallest absolute Gasteiger partial charge is 0.252 e. The van der Waals surface area contributed by atoms with Crippen molar-refractivity contribution in [3.8, 4) is 0 Å². The third-order valence-corrected chi connectivity index (χ3v) is 10.5. The van der Waals surface area contributed by atoms with Crippen molar-refractivity contribution in [1.82, 2.24) is 14.5 Å². The predicted molar refractivity (Wildman–Crippen MR) is 122 cm³/mol. The summed E-state index contributed by atoms with van der Waals surface area (Å²) >= 11 is 2.82. The number of nitrogens with one attached hydrogen (secondary N) is 1. The highest BCUT2D eigenvalue weighted by Crippen LogP contribution is 2.42. The van der Waals surface area contributed by atoms with Crippen LogP contribution in [-0.4, -0.2) is 61.7 Å². The van der Waals surface area contributed by atoms with Gasteiger partial charge in [-0.2, -0.15) is 4.31 Å². The molecule has 1 unspecified atom stereocenters. The molecule has 0 aliphatic carbocycles. The van der Waals surface area contributed by atoms with Crippen LogP contribution in [0.1, 0.15) is 31.1 Å². The number of nitrogens with zero attached hydrogens (tertiary/aromatic N) is 2. The summed E-state index contributed by atoms with van der Waals surface area (Å²) in [6, 6.07) is 6.76. The van der Waals surface area contributed by atoms with Gasteiger partial charge in [-0.05, 0) is 47.6 Å². The molecule has 2 aromatic rings. The molecule has 1 spiro atoms. The van der Waals surface area contributed by atoms with E-state index in [4.69, 9.17) is 0 Å². The molecule has 0 radical (unpaired) electrons. The third-order valence-electron chi connectivity index (χ3n) is 6.28. The van der Waals surface area contributed by atoms with Gasteiger partial charge in [-0.25, -0.2) is 8.42 Å². The molecule has 2 saturated heterocycles. The maximum Gasteiger partial charge on any atom is 0.252 e. The van der Waals surface area contributed by atoms with Crippen LogP contribution in [0, 0.1) is 5.41 Å². The molecule has 31 heavy (non-hydrogen) atoms. The van der Waals surface area contributed by atoms with Crippen molar-refractivity contribution in [3.63, 3.8) is 0 Å². The van der Waals surface area contributed by atoms with Gasteiger partial charge in [-0.15, -0.1) is 22.7 Å². The van der Waals surface area contributed by atoms with E-state index in [1.807, 2.05) is 22.4 Å². The number of piperidine rings is 1. The fraction of sp³-hybridized carbons (Fsp3) is 0.524. The molecule has 2 aromatic heterocycles. The first-order valence-corrected chi connectivity index (χ1v) is 13.6. The van der Waals surface area contributed by atoms with Crippen molar-refractivity contribution in [2.75, 3.05) is 26.2 Å². The van der Waals surface area contributed by atoms with Crippen molar-refractivity contribution in [2.24, 2.45) is 5.41 Å². The minimum absolute atomic E-state index is 0.0408. The first-order valence-electron chi connectivity index (χ1n) is 10.4. The Morgan fingerprint density at radius 1 is 1.10 bits per heavy atom. The van der Waals surface area contributed by atoms with E-state index in [9.17, 15) is 18.0 Å². The number of thiophene rings is 2. The molecular weight excluding hydrogens is 454 g/mol. The first-order chi connectivity index (χ1) is 14.8. The lowest BCUT2D eigenvalue weighted by atomic mass is 9.78. The van der Waals surface area contributed by atoms with Gasteiger partial charge in [0.2, 0.25) is 11.8 Å². The summed E-state index contributed by atoms with van der Waals surface area (Å²) in [5.74, 6) is -0.259. The molecule has 10 heteroatoms. The Morgan fingerprint density at radius 3 is 2.39 bits per heavy atom. The molecular formula is C21H27N3O4S3. The van der Waals surface area contributed by atoms with E-state index >= 15 is 0 Å². The van der Waals surface area contributed by atoms with Crippen LogP contribution in [0.3, 0.4) is 0 Å². The average molecular weight is 482 g/mol. The summed E-state index contributed by atoms with van der Waals surface area (Å²) in [6.07, 6.45) is 2.86. The van der Waals surface area contributed by atoms with Gasteiger partial charge in [0.25, 0.3) is 10.0 Å². The Balaban J connectivity index is 1.39. The lowest BCUT2D eigenvalue weighted by molar-refractivity contribution is -0.135. The van der Waals surface area contributed by atoms with Gasteiger partial charge in [0.1, 0.15) is 10.3 Å². The molecule has 2 fully saturated rings. The van der Waals surface area contributed by atoms with E-state index < -0.39 is 16.1 Å². The molecule has 2 aliphatic heterocycles. The number of likely N-dealkylation sites (tertiary alicyclic amines) is 1. The molecule has 4 rings (SSSR count). The molecule has 7 nitrogen and oxygen atoms in total. The van der Waals surface area contributed by atoms with Gasteiger partial charge in [0.05, 0.1) is 0 Å². The van der Waals surface area contributed by atoms with E-state index in [1.54, 1.807) is 33.2 Å². The summed E-state index contributed by atoms with van der Waals surface area (Å²) in [7, 11) is -3.43. The zero-order valence-electron chi connectivity index (χ0n) is 17.5. The quantitative estimate of drug-likeness (QED) is 0.687. The monoisotopic (exact) mass is 481 g/mol. The molecule has 0 aromatic carbocycles. The van der Waals surface area contributed by atoms with Crippen LogP contribution in [0.5, 0.6) is 0 Å². The van der Waals surface area contributed by atoms with Crippen LogP contribution in [0.4, 0.5) is 0 Å². The molecule has 168 valence electrons. The van der Waals surface area contributed by atoms with Gasteiger partial charge in [-0.3, -0.25) is 9.59 Å². The zero-order valence-corrected chi connectivity index (χ0v) is 19.9. The molecule has 1 atom stereocenters. The SMILES string of the molecule is CC(=O)NC(Cc1cccs1)C(=O)N1CCC2(CCN(S(=O)(=O)c3cccs3)CC2)C1. The van der Waals surface area contributed by atoms with Crippen LogP contribution >= 0.6 is 22.7 Å². The van der Waals surface area contributed by atoms with E-state index in [-0.39, 0.29) is 17.2 Å². The van der Waals surface area contributed by atoms with Crippen LogP contribution in [0.2, 0.25) is 0 Å². The highest BCUT2D eigenvalue weighted by molar-refractivity contribution is 7.91. The molecule has 0 saturated carbocycles. The Labute approximate surface area is 191 Å². The van der Waals surface area contributed by atoms with Crippen molar-refractivity contribution < 1.29 is 18.0 Å². The van der Waals surface area contributed by atoms with Gasteiger partial charge in [0.15, 0.2) is 0 Å². The number of amides is 2. The van der Waals surface area contributed by atoms with Crippen molar-refractivity contribution in [3.05, 3.63) is 39.9 Å². The minimum Gasteiger partial charge on any atom is -0.344 e. The van der Waals surface area contributed by atoms with Crippen LogP contribution in [0.15, 0.2) is 39.2 Å². The van der Waals surface area contributed by atoms with E-state index in [2.05, 4.69) is 5.32 Å². The van der Waals surface area contributed by atoms with Crippen LogP contribution < -0.4 is 5.32 Å². The summed E-state index contributed by atoms with van der Waals surface area (Å²) in [6.45, 7) is 3.67. The lowest BCUT2D eigenvalue weighted by Crippen LogP contribution is -2.50. The van der Waals surface area contributed by atoms with Crippen molar-refractivity contribution in [1.29, 1.82) is 0 Å². The fourth-order valence-corrected chi connectivity index (χ4v) is 7.90. The largest absolute Gasteiger partial charge is 0.344 e. The zero-order chi connectivity index (χ0) is 22.1. The number of hydrogen-bond acceptors (Lipinski definition) is 6. The van der Waals surface area contributed by atoms with Crippen molar-refractivity contribution >= 4 is 44.5 Å². The van der Waals surface area contributed by atoms with Gasteiger partial charge in [0, 0.05) is 44.4 Å². The highest BCUT2D eigenvalue weighted by atomic mass is 32.2. The number of sulfonamides is 1. The number of rotatable bonds is 6. The van der Waals surface area contributed by atoms with E-state index in [0.717, 1.165) is 24.1 Å². The first kappa shape index (κ1) is 22.4. The van der Waals surface area contributed by atoms with Crippen LogP contribution in [0.25, 0.3) is 0 Å². The standard InChI is InChI=1S/C21H27N3O4S3/c1-16(25)22-18(14-17-4-2-12-29-17)20(26)23-9-6-21(15-23)7-10-24(11-8-21)31(27,28)19-5-3-13-30-19/h2-5,12-13,18H,6-11,14-15H2,1H3,(H,22,25). The second kappa shape index (κ2) is 9.01. The second-order valence-corrected chi connectivity index (χ2v) is 12.5. The maximum atomic E-state index is 13.2. The highest BCUT2D eigenvalue weighted by Gasteiger charge is 2.45. The normalized spacial score (nSPS) is 20.1. The third kappa shape index (κ3) is 4.87. The fourth-order valence-electron chi connectivity index (χ4n) is 4.57. The Kier molecular flexibility index (Phi) is 6.52. The minimum atomic E-state index is -3.43. The molecule has 1 N–H and O–H groups in total. The van der Waals surface area contributed by atoms with E-state index in [1.165, 1.54) is 18.3 Å². The summed E-state index contributed by atoms with van der Waals surface area (Å²) in [5.41, 5.74) is -0.0408. The number of hydrogen-bond donors (Lipinski definition) is 1. The predicted octanol–water partition coefficient (Wildman–Crippen LogP) is 2.56. The number of carbonyl (C=O) groups excluding carboxylic acids is 2. The Hall–Kier alpha value is -1.75. The molecule has 4 heterocycles. The average Bonchev–Trinajstić information content (AvgIpc) is 3.50. The van der Waals surface area contributed by atoms with Crippen molar-refractivity contribution in [2.45, 2.75) is 42.9 Å². The Bertz CT molecular complexity index is 1010. The summed E-state index contributed by atoms with van der Waals surface area (Å²) in [5, 5.41) is 6.56. The van der Waals surface area contributed by atoms with Crippen LogP contribution in [-0.2, 0) is 26.0 Å². The van der Waals surface area contributed by atoms with E-state index in [0.29, 0.717) is 36.8 Å². The lowest BCUT2D eigenvalue weighted by Gasteiger charge is -2.38.